The summed E-state index contributed by atoms with van der Waals surface area (Å²) in [7, 11) is 0. The fraction of sp³-hybridized carbons (Fsp3) is 0.333. The van der Waals surface area contributed by atoms with Crippen LogP contribution in [0, 0.1) is 0 Å². The van der Waals surface area contributed by atoms with Crippen molar-refractivity contribution in [1.82, 2.24) is 19.5 Å². The van der Waals surface area contributed by atoms with Gasteiger partial charge in [-0.15, -0.1) is 0 Å². The number of anilines is 3. The van der Waals surface area contributed by atoms with Crippen molar-refractivity contribution in [3.05, 3.63) is 47.3 Å². The monoisotopic (exact) mass is 354 g/mol. The highest BCUT2D eigenvalue weighted by Gasteiger charge is 2.20. The zero-order chi connectivity index (χ0) is 18.7. The van der Waals surface area contributed by atoms with Crippen molar-refractivity contribution in [3.63, 3.8) is 0 Å². The summed E-state index contributed by atoms with van der Waals surface area (Å²) < 4.78 is 1.62. The van der Waals surface area contributed by atoms with E-state index < -0.39 is 5.54 Å². The van der Waals surface area contributed by atoms with Crippen molar-refractivity contribution in [3.8, 4) is 0 Å². The third-order valence-corrected chi connectivity index (χ3v) is 3.97. The van der Waals surface area contributed by atoms with Crippen LogP contribution in [0.5, 0.6) is 0 Å². The summed E-state index contributed by atoms with van der Waals surface area (Å²) in [5, 5.41) is 17.1. The van der Waals surface area contributed by atoms with Gasteiger partial charge < -0.3 is 20.3 Å². The number of aliphatic hydroxyl groups is 1. The normalized spacial score (nSPS) is 11.5. The van der Waals surface area contributed by atoms with Crippen LogP contribution in [0.25, 0.3) is 10.8 Å². The predicted octanol–water partition coefficient (Wildman–Crippen LogP) is 2.13. The molecule has 0 aromatic carbocycles. The Morgan fingerprint density at radius 1 is 1.27 bits per heavy atom. The number of rotatable bonds is 6. The first-order valence-electron chi connectivity index (χ1n) is 8.40. The number of pyridine rings is 2. The summed E-state index contributed by atoms with van der Waals surface area (Å²) in [6, 6.07) is 3.67. The number of hydrogen-bond acceptors (Lipinski definition) is 7. The van der Waals surface area contributed by atoms with Gasteiger partial charge in [0, 0.05) is 25.1 Å². The fourth-order valence-corrected chi connectivity index (χ4v) is 2.56. The largest absolute Gasteiger partial charge is 0.394 e. The van der Waals surface area contributed by atoms with Crippen LogP contribution in [0.4, 0.5) is 17.5 Å². The van der Waals surface area contributed by atoms with Crippen molar-refractivity contribution >= 4 is 28.2 Å². The number of aryl methyl sites for hydroxylation is 1. The van der Waals surface area contributed by atoms with Gasteiger partial charge in [0.05, 0.1) is 23.7 Å². The van der Waals surface area contributed by atoms with Crippen molar-refractivity contribution in [2.75, 3.05) is 17.2 Å². The van der Waals surface area contributed by atoms with Crippen molar-refractivity contribution in [2.45, 2.75) is 32.9 Å². The zero-order valence-corrected chi connectivity index (χ0v) is 15.0. The Hall–Kier alpha value is -3.00. The van der Waals surface area contributed by atoms with Gasteiger partial charge in [-0.1, -0.05) is 0 Å². The molecular weight excluding hydrogens is 332 g/mol. The molecule has 8 heteroatoms. The maximum atomic E-state index is 12.8. The quantitative estimate of drug-likeness (QED) is 0.623. The van der Waals surface area contributed by atoms with E-state index in [1.165, 1.54) is 0 Å². The summed E-state index contributed by atoms with van der Waals surface area (Å²) in [6.45, 7) is 6.05. The molecule has 136 valence electrons. The molecule has 0 aliphatic carbocycles. The SMILES string of the molecule is CCn1ccc2cc(Nc3cnccn3)nc(NC(C)(C)CO)c2c1=O. The molecule has 26 heavy (non-hydrogen) atoms. The lowest BCUT2D eigenvalue weighted by Gasteiger charge is -2.25. The predicted molar refractivity (Wildman–Crippen MR) is 102 cm³/mol. The topological polar surface area (TPSA) is 105 Å². The molecule has 3 rings (SSSR count). The highest BCUT2D eigenvalue weighted by atomic mass is 16.3. The molecule has 0 aliphatic heterocycles. The standard InChI is InChI=1S/C18H22N6O2/c1-4-24-8-5-12-9-13(21-14-10-19-6-7-20-14)22-16(15(12)17(24)26)23-18(2,3)11-25/h5-10,25H,4,11H2,1-3H3,(H2,20,21,22,23). The summed E-state index contributed by atoms with van der Waals surface area (Å²) in [6.07, 6.45) is 6.52. The Bertz CT molecular complexity index is 969. The molecule has 0 spiro atoms. The highest BCUT2D eigenvalue weighted by molar-refractivity contribution is 5.93. The lowest BCUT2D eigenvalue weighted by atomic mass is 10.1. The van der Waals surface area contributed by atoms with E-state index in [0.717, 1.165) is 5.39 Å². The molecule has 0 unspecified atom stereocenters. The van der Waals surface area contributed by atoms with E-state index in [9.17, 15) is 9.90 Å². The number of nitrogens with zero attached hydrogens (tertiary/aromatic N) is 4. The Labute approximate surface area is 151 Å². The van der Waals surface area contributed by atoms with E-state index in [-0.39, 0.29) is 12.2 Å². The molecule has 8 nitrogen and oxygen atoms in total. The second kappa shape index (κ2) is 7.09. The number of aromatic nitrogens is 4. The Balaban J connectivity index is 2.16. The molecule has 0 fully saturated rings. The summed E-state index contributed by atoms with van der Waals surface area (Å²) in [5.74, 6) is 1.50. The molecule has 3 N–H and O–H groups in total. The van der Waals surface area contributed by atoms with Crippen LogP contribution in [-0.4, -0.2) is 36.8 Å². The molecule has 3 heterocycles. The second-order valence-electron chi connectivity index (χ2n) is 6.61. The lowest BCUT2D eigenvalue weighted by Crippen LogP contribution is -2.36. The Morgan fingerprint density at radius 2 is 2.08 bits per heavy atom. The van der Waals surface area contributed by atoms with E-state index in [1.54, 1.807) is 35.4 Å². The minimum atomic E-state index is -0.634. The first kappa shape index (κ1) is 17.8. The summed E-state index contributed by atoms with van der Waals surface area (Å²) >= 11 is 0. The van der Waals surface area contributed by atoms with Gasteiger partial charge in [0.25, 0.3) is 5.56 Å². The third-order valence-electron chi connectivity index (χ3n) is 3.97. The van der Waals surface area contributed by atoms with E-state index in [1.807, 2.05) is 26.8 Å². The Morgan fingerprint density at radius 3 is 2.73 bits per heavy atom. The van der Waals surface area contributed by atoms with E-state index >= 15 is 0 Å². The average Bonchev–Trinajstić information content (AvgIpc) is 2.62. The summed E-state index contributed by atoms with van der Waals surface area (Å²) in [4.78, 5) is 25.6. The van der Waals surface area contributed by atoms with Crippen LogP contribution in [0.3, 0.4) is 0 Å². The van der Waals surface area contributed by atoms with Crippen LogP contribution >= 0.6 is 0 Å². The summed E-state index contributed by atoms with van der Waals surface area (Å²) in [5.41, 5.74) is -0.760. The van der Waals surface area contributed by atoms with Gasteiger partial charge in [0.15, 0.2) is 0 Å². The van der Waals surface area contributed by atoms with Gasteiger partial charge >= 0.3 is 0 Å². The number of fused-ring (bicyclic) bond motifs is 1. The highest BCUT2D eigenvalue weighted by Crippen LogP contribution is 2.25. The minimum Gasteiger partial charge on any atom is -0.394 e. The van der Waals surface area contributed by atoms with Crippen LogP contribution in [0.1, 0.15) is 20.8 Å². The Kier molecular flexibility index (Phi) is 4.85. The number of aliphatic hydroxyl groups excluding tert-OH is 1. The van der Waals surface area contributed by atoms with Crippen molar-refractivity contribution < 1.29 is 5.11 Å². The average molecular weight is 354 g/mol. The van der Waals surface area contributed by atoms with Gasteiger partial charge in [0.2, 0.25) is 0 Å². The lowest BCUT2D eigenvalue weighted by molar-refractivity contribution is 0.234. The third kappa shape index (κ3) is 3.65. The first-order chi connectivity index (χ1) is 12.4. The van der Waals surface area contributed by atoms with Crippen LogP contribution in [0.15, 0.2) is 41.7 Å². The molecule has 0 radical (unpaired) electrons. The first-order valence-corrected chi connectivity index (χ1v) is 8.40. The molecule has 0 atom stereocenters. The zero-order valence-electron chi connectivity index (χ0n) is 15.0. The minimum absolute atomic E-state index is 0.104. The molecule has 0 saturated carbocycles. The molecular formula is C18H22N6O2. The van der Waals surface area contributed by atoms with Crippen molar-refractivity contribution in [1.29, 1.82) is 0 Å². The van der Waals surface area contributed by atoms with Crippen LogP contribution < -0.4 is 16.2 Å². The van der Waals surface area contributed by atoms with Gasteiger partial charge in [0.1, 0.15) is 17.5 Å². The maximum Gasteiger partial charge on any atom is 0.262 e. The number of hydrogen-bond donors (Lipinski definition) is 3. The van der Waals surface area contributed by atoms with Crippen molar-refractivity contribution in [2.24, 2.45) is 0 Å². The van der Waals surface area contributed by atoms with Gasteiger partial charge in [-0.2, -0.15) is 0 Å². The number of nitrogens with one attached hydrogen (secondary N) is 2. The van der Waals surface area contributed by atoms with Gasteiger partial charge in [-0.25, -0.2) is 9.97 Å². The van der Waals surface area contributed by atoms with E-state index in [4.69, 9.17) is 0 Å². The molecule has 0 amide bonds. The maximum absolute atomic E-state index is 12.8. The van der Waals surface area contributed by atoms with Gasteiger partial charge in [-0.3, -0.25) is 9.78 Å². The smallest absolute Gasteiger partial charge is 0.262 e. The molecule has 0 bridgehead atoms. The van der Waals surface area contributed by atoms with E-state index in [2.05, 4.69) is 25.6 Å². The molecule has 0 aliphatic rings. The molecule has 3 aromatic rings. The second-order valence-corrected chi connectivity index (χ2v) is 6.61. The fourth-order valence-electron chi connectivity index (χ4n) is 2.56. The van der Waals surface area contributed by atoms with Crippen LogP contribution in [0.2, 0.25) is 0 Å². The molecule has 0 saturated heterocycles. The van der Waals surface area contributed by atoms with Gasteiger partial charge in [-0.05, 0) is 38.3 Å². The van der Waals surface area contributed by atoms with Crippen LogP contribution in [-0.2, 0) is 6.54 Å². The van der Waals surface area contributed by atoms with E-state index in [0.29, 0.717) is 29.4 Å². The molecule has 3 aromatic heterocycles.